The maximum atomic E-state index is 12.9. The van der Waals surface area contributed by atoms with Gasteiger partial charge in [0.05, 0.1) is 12.1 Å². The summed E-state index contributed by atoms with van der Waals surface area (Å²) in [5, 5.41) is 6.90. The number of aromatic nitrogens is 2. The molecule has 25 heavy (non-hydrogen) atoms. The van der Waals surface area contributed by atoms with Gasteiger partial charge in [-0.1, -0.05) is 42.5 Å². The fourth-order valence-electron chi connectivity index (χ4n) is 3.82. The van der Waals surface area contributed by atoms with Crippen molar-refractivity contribution in [2.45, 2.75) is 25.2 Å². The maximum absolute atomic E-state index is 12.9. The molecule has 1 aromatic heterocycles. The summed E-state index contributed by atoms with van der Waals surface area (Å²) >= 11 is 0. The summed E-state index contributed by atoms with van der Waals surface area (Å²) in [7, 11) is 1.94. The Balaban J connectivity index is 1.50. The van der Waals surface area contributed by atoms with Crippen LogP contribution < -0.4 is 0 Å². The highest BCUT2D eigenvalue weighted by Gasteiger charge is 2.26. The lowest BCUT2D eigenvalue weighted by Gasteiger charge is -2.32. The minimum atomic E-state index is 0.219. The molecule has 128 valence electrons. The number of amides is 1. The van der Waals surface area contributed by atoms with Crippen LogP contribution in [0.1, 0.15) is 30.0 Å². The van der Waals surface area contributed by atoms with Gasteiger partial charge in [-0.15, -0.1) is 0 Å². The smallest absolute Gasteiger partial charge is 0.227 e. The maximum Gasteiger partial charge on any atom is 0.227 e. The van der Waals surface area contributed by atoms with Crippen LogP contribution in [0.5, 0.6) is 0 Å². The summed E-state index contributed by atoms with van der Waals surface area (Å²) < 4.78 is 1.84. The van der Waals surface area contributed by atoms with Crippen molar-refractivity contribution in [1.29, 1.82) is 0 Å². The molecule has 1 amide bonds. The normalized spacial score (nSPS) is 17.8. The van der Waals surface area contributed by atoms with Gasteiger partial charge in [-0.3, -0.25) is 9.48 Å². The standard InChI is InChI=1S/C21H23N3O/c1-23-13-11-20(22-23)18-9-5-12-24(15-18)21(25)14-17-8-4-7-16-6-2-3-10-19(16)17/h2-4,6-8,10-11,13,18H,5,9,12,14-15H2,1H3/t18-/m0/s1. The fraction of sp³-hybridized carbons (Fsp3) is 0.333. The van der Waals surface area contributed by atoms with Crippen molar-refractivity contribution in [1.82, 2.24) is 14.7 Å². The third kappa shape index (κ3) is 3.29. The third-order valence-electron chi connectivity index (χ3n) is 5.15. The number of rotatable bonds is 3. The van der Waals surface area contributed by atoms with Gasteiger partial charge in [0.2, 0.25) is 5.91 Å². The van der Waals surface area contributed by atoms with Gasteiger partial charge in [0, 0.05) is 32.3 Å². The highest BCUT2D eigenvalue weighted by Crippen LogP contribution is 2.26. The molecule has 0 bridgehead atoms. The second-order valence-electron chi connectivity index (χ2n) is 6.91. The van der Waals surface area contributed by atoms with E-state index in [2.05, 4.69) is 35.4 Å². The molecule has 4 rings (SSSR count). The Morgan fingerprint density at radius 2 is 2.00 bits per heavy atom. The number of benzene rings is 2. The zero-order valence-electron chi connectivity index (χ0n) is 14.6. The summed E-state index contributed by atoms with van der Waals surface area (Å²) in [4.78, 5) is 14.9. The number of hydrogen-bond acceptors (Lipinski definition) is 2. The Kier molecular flexibility index (Phi) is 4.26. The predicted molar refractivity (Wildman–Crippen MR) is 99.4 cm³/mol. The lowest BCUT2D eigenvalue weighted by atomic mass is 9.94. The van der Waals surface area contributed by atoms with Crippen LogP contribution in [0.3, 0.4) is 0 Å². The SMILES string of the molecule is Cn1ccc([C@H]2CCCN(C(=O)Cc3cccc4ccccc34)C2)n1. The van der Waals surface area contributed by atoms with Gasteiger partial charge in [0.1, 0.15) is 0 Å². The van der Waals surface area contributed by atoms with Crippen LogP contribution in [-0.2, 0) is 18.3 Å². The monoisotopic (exact) mass is 333 g/mol. The van der Waals surface area contributed by atoms with E-state index in [4.69, 9.17) is 0 Å². The Hall–Kier alpha value is -2.62. The Bertz CT molecular complexity index is 894. The van der Waals surface area contributed by atoms with E-state index >= 15 is 0 Å². The van der Waals surface area contributed by atoms with E-state index in [9.17, 15) is 4.79 Å². The van der Waals surface area contributed by atoms with Gasteiger partial charge in [-0.2, -0.15) is 5.10 Å². The molecular formula is C21H23N3O. The van der Waals surface area contributed by atoms with Gasteiger partial charge < -0.3 is 4.90 Å². The van der Waals surface area contributed by atoms with Crippen molar-refractivity contribution in [3.05, 3.63) is 66.0 Å². The van der Waals surface area contributed by atoms with Crippen molar-refractivity contribution >= 4 is 16.7 Å². The van der Waals surface area contributed by atoms with Crippen molar-refractivity contribution in [2.75, 3.05) is 13.1 Å². The molecular weight excluding hydrogens is 310 g/mol. The summed E-state index contributed by atoms with van der Waals surface area (Å²) in [5.41, 5.74) is 2.22. The molecule has 1 atom stereocenters. The van der Waals surface area contributed by atoms with E-state index < -0.39 is 0 Å². The van der Waals surface area contributed by atoms with E-state index in [1.165, 1.54) is 10.8 Å². The molecule has 2 heterocycles. The lowest BCUT2D eigenvalue weighted by Crippen LogP contribution is -2.40. The number of hydrogen-bond donors (Lipinski definition) is 0. The number of likely N-dealkylation sites (tertiary alicyclic amines) is 1. The second kappa shape index (κ2) is 6.71. The molecule has 0 spiro atoms. The van der Waals surface area contributed by atoms with Crippen molar-refractivity contribution in [3.63, 3.8) is 0 Å². The Morgan fingerprint density at radius 1 is 1.16 bits per heavy atom. The van der Waals surface area contributed by atoms with Crippen LogP contribution in [0, 0.1) is 0 Å². The minimum absolute atomic E-state index is 0.219. The van der Waals surface area contributed by atoms with Gasteiger partial charge in [0.15, 0.2) is 0 Å². The molecule has 3 aromatic rings. The number of fused-ring (bicyclic) bond motifs is 1. The third-order valence-corrected chi connectivity index (χ3v) is 5.15. The summed E-state index contributed by atoms with van der Waals surface area (Å²) in [6.45, 7) is 1.63. The van der Waals surface area contributed by atoms with Crippen molar-refractivity contribution < 1.29 is 4.79 Å². The highest BCUT2D eigenvalue weighted by molar-refractivity contribution is 5.90. The van der Waals surface area contributed by atoms with Crippen LogP contribution in [0.4, 0.5) is 0 Å². The first-order valence-corrected chi connectivity index (χ1v) is 8.94. The summed E-state index contributed by atoms with van der Waals surface area (Å²) in [6.07, 6.45) is 4.60. The van der Waals surface area contributed by atoms with Gasteiger partial charge >= 0.3 is 0 Å². The van der Waals surface area contributed by atoms with E-state index in [0.29, 0.717) is 12.3 Å². The topological polar surface area (TPSA) is 38.1 Å². The molecule has 4 heteroatoms. The van der Waals surface area contributed by atoms with Gasteiger partial charge in [0.25, 0.3) is 0 Å². The average Bonchev–Trinajstić information content (AvgIpc) is 3.09. The molecule has 0 radical (unpaired) electrons. The number of nitrogens with zero attached hydrogens (tertiary/aromatic N) is 3. The van der Waals surface area contributed by atoms with Crippen molar-refractivity contribution in [3.8, 4) is 0 Å². The van der Waals surface area contributed by atoms with Gasteiger partial charge in [-0.05, 0) is 35.2 Å². The predicted octanol–water partition coefficient (Wildman–Crippen LogP) is 3.52. The molecule has 0 N–H and O–H groups in total. The molecule has 1 aliphatic heterocycles. The van der Waals surface area contributed by atoms with Crippen LogP contribution in [0.15, 0.2) is 54.7 Å². The number of carbonyl (C=O) groups excluding carboxylic acids is 1. The highest BCUT2D eigenvalue weighted by atomic mass is 16.2. The van der Waals surface area contributed by atoms with E-state index in [1.807, 2.05) is 41.0 Å². The molecule has 0 unspecified atom stereocenters. The van der Waals surface area contributed by atoms with E-state index in [-0.39, 0.29) is 5.91 Å². The molecule has 4 nitrogen and oxygen atoms in total. The van der Waals surface area contributed by atoms with Crippen LogP contribution in [-0.4, -0.2) is 33.7 Å². The Labute approximate surface area is 148 Å². The van der Waals surface area contributed by atoms with Crippen LogP contribution in [0.25, 0.3) is 10.8 Å². The number of piperidine rings is 1. The molecule has 1 saturated heterocycles. The molecule has 0 aliphatic carbocycles. The number of aryl methyl sites for hydroxylation is 1. The zero-order valence-corrected chi connectivity index (χ0v) is 14.6. The lowest BCUT2D eigenvalue weighted by molar-refractivity contribution is -0.131. The summed E-state index contributed by atoms with van der Waals surface area (Å²) in [6, 6.07) is 16.6. The fourth-order valence-corrected chi connectivity index (χ4v) is 3.82. The first kappa shape index (κ1) is 15.9. The molecule has 1 aliphatic rings. The van der Waals surface area contributed by atoms with Gasteiger partial charge in [-0.25, -0.2) is 0 Å². The summed E-state index contributed by atoms with van der Waals surface area (Å²) in [5.74, 6) is 0.573. The van der Waals surface area contributed by atoms with Crippen LogP contribution >= 0.6 is 0 Å². The quantitative estimate of drug-likeness (QED) is 0.735. The van der Waals surface area contributed by atoms with Crippen molar-refractivity contribution in [2.24, 2.45) is 7.05 Å². The molecule has 1 fully saturated rings. The second-order valence-corrected chi connectivity index (χ2v) is 6.91. The first-order chi connectivity index (χ1) is 12.2. The van der Waals surface area contributed by atoms with E-state index in [1.54, 1.807) is 0 Å². The van der Waals surface area contributed by atoms with E-state index in [0.717, 1.165) is 37.2 Å². The largest absolute Gasteiger partial charge is 0.342 e. The average molecular weight is 333 g/mol. The molecule has 2 aromatic carbocycles. The van der Waals surface area contributed by atoms with Crippen LogP contribution in [0.2, 0.25) is 0 Å². The molecule has 0 saturated carbocycles. The zero-order chi connectivity index (χ0) is 17.2. The first-order valence-electron chi connectivity index (χ1n) is 8.94. The minimum Gasteiger partial charge on any atom is -0.342 e. The Morgan fingerprint density at radius 3 is 2.84 bits per heavy atom. The number of carbonyl (C=O) groups is 1.